The van der Waals surface area contributed by atoms with Crippen molar-refractivity contribution in [3.63, 3.8) is 0 Å². The maximum Gasteiger partial charge on any atom is 0.419 e. The number of Topliss-reactive ketones (excluding diaryl/α,β-unsaturated/α-hetero) is 1. The van der Waals surface area contributed by atoms with Crippen molar-refractivity contribution in [1.29, 1.82) is 0 Å². The molecule has 3 aromatic carbocycles. The molecule has 0 saturated carbocycles. The van der Waals surface area contributed by atoms with Gasteiger partial charge in [0, 0.05) is 60.8 Å². The zero-order valence-electron chi connectivity index (χ0n) is 25.5. The van der Waals surface area contributed by atoms with Gasteiger partial charge in [-0.05, 0) is 42.0 Å². The van der Waals surface area contributed by atoms with E-state index in [1.807, 2.05) is 73.6 Å². The summed E-state index contributed by atoms with van der Waals surface area (Å²) in [5.41, 5.74) is 3.96. The van der Waals surface area contributed by atoms with Crippen LogP contribution in [0.4, 0.5) is 27.5 Å². The zero-order valence-corrected chi connectivity index (χ0v) is 27.1. The molecule has 3 aromatic rings. The van der Waals surface area contributed by atoms with E-state index in [-0.39, 0.29) is 36.7 Å². The number of benzene rings is 3. The number of fused-ring (bicyclic) bond motifs is 3. The van der Waals surface area contributed by atoms with E-state index >= 15 is 0 Å². The smallest absolute Gasteiger partial charge is 0.419 e. The van der Waals surface area contributed by atoms with E-state index in [9.17, 15) is 24.3 Å². The standard InChI is InChI=1S/C33H33N5O6S2/c1-35(2)21-9-11-25-27(14-21)46-28-15-22(36(3)34)10-12-26(28)37(25)33(43)44-17-20-18-45-31-24(30(40)38(31)29(20)32(41)42)16-23(39)13-19-7-5-4-6-8-19/h4-12,14-15,24,31H,13,16-18,34H2,1-3H3,(H,41,42)/t24-,31-/m1/s1. The second-order valence-corrected chi connectivity index (χ2v) is 13.7. The highest BCUT2D eigenvalue weighted by molar-refractivity contribution is 8.00. The van der Waals surface area contributed by atoms with Crippen molar-refractivity contribution < 1.29 is 29.0 Å². The highest BCUT2D eigenvalue weighted by atomic mass is 32.2. The summed E-state index contributed by atoms with van der Waals surface area (Å²) in [7, 11) is 5.60. The van der Waals surface area contributed by atoms with E-state index in [2.05, 4.69) is 0 Å². The molecule has 238 valence electrons. The lowest BCUT2D eigenvalue weighted by molar-refractivity contribution is -0.154. The molecule has 0 aliphatic carbocycles. The summed E-state index contributed by atoms with van der Waals surface area (Å²) in [4.78, 5) is 58.4. The first kappa shape index (κ1) is 31.5. The van der Waals surface area contributed by atoms with E-state index in [1.165, 1.54) is 38.3 Å². The lowest BCUT2D eigenvalue weighted by Gasteiger charge is -2.49. The molecule has 3 heterocycles. The molecular formula is C33H33N5O6S2. The Balaban J connectivity index is 1.21. The highest BCUT2D eigenvalue weighted by Gasteiger charge is 2.53. The van der Waals surface area contributed by atoms with Crippen LogP contribution in [0.2, 0.25) is 0 Å². The fourth-order valence-electron chi connectivity index (χ4n) is 5.76. The predicted octanol–water partition coefficient (Wildman–Crippen LogP) is 4.87. The Bertz CT molecular complexity index is 1700. The van der Waals surface area contributed by atoms with Gasteiger partial charge in [0.2, 0.25) is 5.91 Å². The van der Waals surface area contributed by atoms with E-state index in [4.69, 9.17) is 10.6 Å². The van der Waals surface area contributed by atoms with Gasteiger partial charge in [-0.3, -0.25) is 14.5 Å². The third kappa shape index (κ3) is 5.93. The third-order valence-electron chi connectivity index (χ3n) is 8.12. The molecule has 0 bridgehead atoms. The Hall–Kier alpha value is -4.46. The molecule has 2 atom stereocenters. The van der Waals surface area contributed by atoms with E-state index in [0.717, 1.165) is 26.7 Å². The number of amides is 2. The van der Waals surface area contributed by atoms with E-state index in [1.54, 1.807) is 19.2 Å². The molecule has 3 N–H and O–H groups in total. The monoisotopic (exact) mass is 659 g/mol. The van der Waals surface area contributed by atoms with Crippen LogP contribution in [0.25, 0.3) is 0 Å². The number of hydrogen-bond donors (Lipinski definition) is 2. The van der Waals surface area contributed by atoms with Crippen LogP contribution in [0.5, 0.6) is 0 Å². The Morgan fingerprint density at radius 2 is 1.63 bits per heavy atom. The molecule has 0 radical (unpaired) electrons. The van der Waals surface area contributed by atoms with Crippen LogP contribution in [-0.2, 0) is 25.5 Å². The second-order valence-electron chi connectivity index (χ2n) is 11.5. The van der Waals surface area contributed by atoms with Crippen LogP contribution in [0.1, 0.15) is 12.0 Å². The van der Waals surface area contributed by atoms with Gasteiger partial charge >= 0.3 is 12.1 Å². The number of nitrogens with two attached hydrogens (primary N) is 1. The van der Waals surface area contributed by atoms with Crippen molar-refractivity contribution >= 4 is 70.0 Å². The average molecular weight is 660 g/mol. The number of carboxylic acid groups (broad SMARTS) is 1. The number of hydrogen-bond acceptors (Lipinski definition) is 10. The van der Waals surface area contributed by atoms with Gasteiger partial charge in [0.1, 0.15) is 18.1 Å². The third-order valence-corrected chi connectivity index (χ3v) is 10.6. The predicted molar refractivity (Wildman–Crippen MR) is 178 cm³/mol. The van der Waals surface area contributed by atoms with Crippen LogP contribution >= 0.6 is 23.5 Å². The number of rotatable bonds is 9. The van der Waals surface area contributed by atoms with Gasteiger partial charge in [-0.2, -0.15) is 0 Å². The molecule has 11 nitrogen and oxygen atoms in total. The van der Waals surface area contributed by atoms with Crippen molar-refractivity contribution in [3.05, 3.63) is 83.6 Å². The molecule has 13 heteroatoms. The van der Waals surface area contributed by atoms with Gasteiger partial charge in [-0.25, -0.2) is 20.3 Å². The Kier molecular flexibility index (Phi) is 8.73. The molecule has 46 heavy (non-hydrogen) atoms. The van der Waals surface area contributed by atoms with Crippen molar-refractivity contribution in [1.82, 2.24) is 4.90 Å². The minimum Gasteiger partial charge on any atom is -0.477 e. The second kappa shape index (κ2) is 12.7. The molecule has 0 spiro atoms. The van der Waals surface area contributed by atoms with Crippen LogP contribution in [0.15, 0.2) is 87.8 Å². The van der Waals surface area contributed by atoms with Gasteiger partial charge in [-0.1, -0.05) is 42.1 Å². The first-order valence-corrected chi connectivity index (χ1v) is 16.4. The van der Waals surface area contributed by atoms with Gasteiger partial charge < -0.3 is 19.8 Å². The van der Waals surface area contributed by atoms with Gasteiger partial charge in [0.15, 0.2) is 0 Å². The molecular weight excluding hydrogens is 627 g/mol. The number of carboxylic acids is 1. The van der Waals surface area contributed by atoms with E-state index < -0.39 is 29.3 Å². The summed E-state index contributed by atoms with van der Waals surface area (Å²) in [6.45, 7) is -0.310. The summed E-state index contributed by atoms with van der Waals surface area (Å²) in [6, 6.07) is 20.5. The number of β-lactam (4-membered cyclic amide) rings is 1. The first-order valence-electron chi connectivity index (χ1n) is 14.6. The number of nitrogens with zero attached hydrogens (tertiary/aromatic N) is 4. The van der Waals surface area contributed by atoms with Crippen LogP contribution in [-0.4, -0.2) is 72.6 Å². The summed E-state index contributed by atoms with van der Waals surface area (Å²) in [5.74, 6) is 3.86. The molecule has 0 aromatic heterocycles. The van der Waals surface area contributed by atoms with Gasteiger partial charge in [0.05, 0.1) is 28.4 Å². The average Bonchev–Trinajstić information content (AvgIpc) is 3.04. The molecule has 3 aliphatic heterocycles. The Morgan fingerprint density at radius 1 is 0.978 bits per heavy atom. The number of carbonyl (C=O) groups is 4. The fourth-order valence-corrected chi connectivity index (χ4v) is 8.28. The number of anilines is 4. The van der Waals surface area contributed by atoms with Crippen molar-refractivity contribution in [2.45, 2.75) is 28.0 Å². The number of aliphatic carboxylic acids is 1. The summed E-state index contributed by atoms with van der Waals surface area (Å²) in [6.07, 6.45) is -0.424. The largest absolute Gasteiger partial charge is 0.477 e. The maximum atomic E-state index is 13.8. The minimum absolute atomic E-state index is 0.0438. The van der Waals surface area contributed by atoms with Gasteiger partial charge in [0.25, 0.3) is 0 Å². The summed E-state index contributed by atoms with van der Waals surface area (Å²) >= 11 is 2.89. The lowest BCUT2D eigenvalue weighted by atomic mass is 9.89. The lowest BCUT2D eigenvalue weighted by Crippen LogP contribution is -2.62. The molecule has 3 aliphatic rings. The minimum atomic E-state index is -1.28. The maximum absolute atomic E-state index is 13.8. The number of hydrazine groups is 1. The zero-order chi connectivity index (χ0) is 32.7. The molecule has 0 unspecified atom stereocenters. The van der Waals surface area contributed by atoms with Crippen molar-refractivity contribution in [2.24, 2.45) is 11.8 Å². The number of ketones is 1. The number of thioether (sulfide) groups is 1. The first-order chi connectivity index (χ1) is 22.0. The SMILES string of the molecule is CN(C)c1ccc2c(c1)Sc1cc(N(C)N)ccc1N2C(=O)OCC1=C(C(=O)O)N2C(=O)[C@@H](CC(=O)Cc3ccccc3)[C@H]2SC1. The van der Waals surface area contributed by atoms with Crippen LogP contribution < -0.4 is 20.7 Å². The quantitative estimate of drug-likeness (QED) is 0.185. The topological polar surface area (TPSA) is 137 Å². The number of carbonyl (C=O) groups excluding carboxylic acids is 3. The fraction of sp³-hybridized carbons (Fsp3) is 0.273. The Labute approximate surface area is 274 Å². The molecule has 6 rings (SSSR count). The van der Waals surface area contributed by atoms with Gasteiger partial charge in [-0.15, -0.1) is 11.8 Å². The molecule has 1 fully saturated rings. The Morgan fingerprint density at radius 3 is 2.26 bits per heavy atom. The van der Waals surface area contributed by atoms with Crippen molar-refractivity contribution in [2.75, 3.05) is 48.3 Å². The summed E-state index contributed by atoms with van der Waals surface area (Å²) < 4.78 is 5.78. The summed E-state index contributed by atoms with van der Waals surface area (Å²) in [5, 5.41) is 11.2. The van der Waals surface area contributed by atoms with Crippen LogP contribution in [0.3, 0.4) is 0 Å². The highest BCUT2D eigenvalue weighted by Crippen LogP contribution is 2.50. The van der Waals surface area contributed by atoms with Crippen molar-refractivity contribution in [3.8, 4) is 0 Å². The van der Waals surface area contributed by atoms with E-state index in [0.29, 0.717) is 16.9 Å². The number of ether oxygens (including phenoxy) is 1. The normalized spacial score (nSPS) is 18.2. The van der Waals surface area contributed by atoms with Crippen LogP contribution in [0, 0.1) is 5.92 Å². The molecule has 2 amide bonds. The molecule has 1 saturated heterocycles.